The Morgan fingerprint density at radius 2 is 2.24 bits per heavy atom. The number of piperidine rings is 1. The molecule has 0 bridgehead atoms. The summed E-state index contributed by atoms with van der Waals surface area (Å²) >= 11 is 1.92. The van der Waals surface area contributed by atoms with E-state index in [4.69, 9.17) is 5.73 Å². The molecule has 0 aromatic rings. The Bertz CT molecular complexity index is 315. The van der Waals surface area contributed by atoms with Crippen LogP contribution in [0.25, 0.3) is 0 Å². The van der Waals surface area contributed by atoms with E-state index in [1.54, 1.807) is 0 Å². The summed E-state index contributed by atoms with van der Waals surface area (Å²) in [5, 5.41) is 6.76. The third-order valence-electron chi connectivity index (χ3n) is 3.47. The summed E-state index contributed by atoms with van der Waals surface area (Å²) in [5.41, 5.74) is 6.08. The van der Waals surface area contributed by atoms with Crippen LogP contribution >= 0.6 is 11.8 Å². The quantitative estimate of drug-likeness (QED) is 0.639. The van der Waals surface area contributed by atoms with E-state index in [1.807, 2.05) is 32.5 Å². The third kappa shape index (κ3) is 2.95. The average molecular weight is 257 g/mol. The van der Waals surface area contributed by atoms with Crippen molar-refractivity contribution in [2.24, 2.45) is 5.73 Å². The maximum Gasteiger partial charge on any atom is 0.237 e. The number of carbonyl (C=O) groups is 1. The Balaban J connectivity index is 1.95. The molecule has 98 valence electrons. The van der Waals surface area contributed by atoms with Crippen LogP contribution in [0.2, 0.25) is 0 Å². The smallest absolute Gasteiger partial charge is 0.237 e. The van der Waals surface area contributed by atoms with Gasteiger partial charge in [-0.15, -0.1) is 0 Å². The molecule has 2 fully saturated rings. The predicted octanol–water partition coefficient (Wildman–Crippen LogP) is 0.466. The molecule has 2 heterocycles. The number of rotatable bonds is 1. The summed E-state index contributed by atoms with van der Waals surface area (Å²) in [5.74, 6) is 1.23. The first-order chi connectivity index (χ1) is 7.80. The highest BCUT2D eigenvalue weighted by atomic mass is 32.2. The normalized spacial score (nSPS) is 37.6. The molecule has 0 aromatic heterocycles. The van der Waals surface area contributed by atoms with Gasteiger partial charge in [0.05, 0.1) is 6.04 Å². The van der Waals surface area contributed by atoms with Crippen LogP contribution in [-0.4, -0.2) is 40.6 Å². The Morgan fingerprint density at radius 1 is 1.53 bits per heavy atom. The van der Waals surface area contributed by atoms with Crippen LogP contribution in [0.3, 0.4) is 0 Å². The van der Waals surface area contributed by atoms with E-state index in [9.17, 15) is 4.79 Å². The molecule has 17 heavy (non-hydrogen) atoms. The Hall–Kier alpha value is -0.260. The summed E-state index contributed by atoms with van der Waals surface area (Å²) in [6.07, 6.45) is 1.91. The van der Waals surface area contributed by atoms with Gasteiger partial charge in [-0.25, -0.2) is 0 Å². The molecule has 4 nitrogen and oxygen atoms in total. The van der Waals surface area contributed by atoms with Gasteiger partial charge in [0.2, 0.25) is 5.91 Å². The van der Waals surface area contributed by atoms with Gasteiger partial charge in [0.1, 0.15) is 0 Å². The summed E-state index contributed by atoms with van der Waals surface area (Å²) in [6, 6.07) is -0.0819. The zero-order valence-electron chi connectivity index (χ0n) is 10.9. The number of fused-ring (bicyclic) bond motifs is 1. The van der Waals surface area contributed by atoms with Gasteiger partial charge in [0.15, 0.2) is 0 Å². The monoisotopic (exact) mass is 257 g/mol. The number of nitrogens with one attached hydrogen (secondary N) is 2. The van der Waals surface area contributed by atoms with Gasteiger partial charge >= 0.3 is 0 Å². The van der Waals surface area contributed by atoms with Gasteiger partial charge in [0, 0.05) is 22.9 Å². The van der Waals surface area contributed by atoms with Gasteiger partial charge in [-0.1, -0.05) is 0 Å². The van der Waals surface area contributed by atoms with E-state index in [-0.39, 0.29) is 23.0 Å². The lowest BCUT2D eigenvalue weighted by molar-refractivity contribution is -0.125. The average Bonchev–Trinajstić information content (AvgIpc) is 2.55. The van der Waals surface area contributed by atoms with Crippen LogP contribution in [0.4, 0.5) is 0 Å². The lowest BCUT2D eigenvalue weighted by atomic mass is 9.85. The minimum Gasteiger partial charge on any atom is -0.350 e. The van der Waals surface area contributed by atoms with Crippen LogP contribution in [0.5, 0.6) is 0 Å². The van der Waals surface area contributed by atoms with E-state index in [0.717, 1.165) is 25.1 Å². The first kappa shape index (κ1) is 13.2. The highest BCUT2D eigenvalue weighted by Crippen LogP contribution is 2.38. The summed E-state index contributed by atoms with van der Waals surface area (Å²) < 4.78 is 0. The van der Waals surface area contributed by atoms with Crippen molar-refractivity contribution < 1.29 is 4.79 Å². The topological polar surface area (TPSA) is 67.2 Å². The molecule has 5 heteroatoms. The van der Waals surface area contributed by atoms with E-state index in [2.05, 4.69) is 10.6 Å². The molecule has 2 rings (SSSR count). The molecule has 2 aliphatic heterocycles. The van der Waals surface area contributed by atoms with Crippen LogP contribution in [-0.2, 0) is 4.79 Å². The van der Waals surface area contributed by atoms with Crippen LogP contribution in [0.1, 0.15) is 33.6 Å². The van der Waals surface area contributed by atoms with E-state index in [0.29, 0.717) is 5.25 Å². The van der Waals surface area contributed by atoms with Gasteiger partial charge in [-0.05, 0) is 39.4 Å². The maximum atomic E-state index is 12.1. The summed E-state index contributed by atoms with van der Waals surface area (Å²) in [4.78, 5) is 12.1. The molecule has 0 spiro atoms. The molecule has 2 aliphatic rings. The van der Waals surface area contributed by atoms with Crippen molar-refractivity contribution in [1.82, 2.24) is 10.6 Å². The minimum absolute atomic E-state index is 0.0819. The number of carbonyl (C=O) groups excluding carboxylic acids is 1. The van der Waals surface area contributed by atoms with Crippen molar-refractivity contribution in [3.05, 3.63) is 0 Å². The fourth-order valence-electron chi connectivity index (χ4n) is 2.49. The molecule has 3 atom stereocenters. The minimum atomic E-state index is -0.168. The molecule has 1 unspecified atom stereocenters. The molecule has 0 aliphatic carbocycles. The largest absolute Gasteiger partial charge is 0.350 e. The van der Waals surface area contributed by atoms with Crippen molar-refractivity contribution in [2.75, 3.05) is 12.3 Å². The Labute approximate surface area is 107 Å². The predicted molar refractivity (Wildman–Crippen MR) is 72.1 cm³/mol. The number of hydrogen-bond acceptors (Lipinski definition) is 4. The zero-order chi connectivity index (χ0) is 12.7. The number of amides is 1. The van der Waals surface area contributed by atoms with Gasteiger partial charge in [0.25, 0.3) is 0 Å². The van der Waals surface area contributed by atoms with Crippen molar-refractivity contribution in [3.63, 3.8) is 0 Å². The second kappa shape index (κ2) is 4.44. The van der Waals surface area contributed by atoms with Crippen LogP contribution in [0, 0.1) is 0 Å². The van der Waals surface area contributed by atoms with Gasteiger partial charge in [-0.3, -0.25) is 4.79 Å². The lowest BCUT2D eigenvalue weighted by Gasteiger charge is -2.40. The number of hydrogen-bond donors (Lipinski definition) is 3. The van der Waals surface area contributed by atoms with E-state index >= 15 is 0 Å². The SMILES string of the molecule is CC(C)(C)NC(=O)[C@@H]1C[C@H]2SCCC2(N)CN1. The summed E-state index contributed by atoms with van der Waals surface area (Å²) in [7, 11) is 0. The van der Waals surface area contributed by atoms with E-state index in [1.165, 1.54) is 0 Å². The number of nitrogens with two attached hydrogens (primary N) is 1. The van der Waals surface area contributed by atoms with Gasteiger partial charge < -0.3 is 16.4 Å². The Kier molecular flexibility index (Phi) is 3.45. The van der Waals surface area contributed by atoms with Crippen molar-refractivity contribution >= 4 is 17.7 Å². The highest BCUT2D eigenvalue weighted by Gasteiger charge is 2.46. The molecular weight excluding hydrogens is 234 g/mol. The molecule has 4 N–H and O–H groups in total. The molecule has 1 amide bonds. The standard InChI is InChI=1S/C12H23N3OS/c1-11(2,3)15-10(16)8-6-9-12(13,7-14-8)4-5-17-9/h8-9,14H,4-7,13H2,1-3H3,(H,15,16)/t8-,9+,12?/m0/s1. The zero-order valence-corrected chi connectivity index (χ0v) is 11.7. The third-order valence-corrected chi connectivity index (χ3v) is 4.97. The van der Waals surface area contributed by atoms with E-state index < -0.39 is 0 Å². The number of thioether (sulfide) groups is 1. The molecule has 0 radical (unpaired) electrons. The second-order valence-corrected chi connectivity index (χ2v) is 7.56. The van der Waals surface area contributed by atoms with Crippen LogP contribution < -0.4 is 16.4 Å². The molecule has 0 saturated carbocycles. The first-order valence-electron chi connectivity index (χ1n) is 6.26. The second-order valence-electron chi connectivity index (χ2n) is 6.25. The van der Waals surface area contributed by atoms with Crippen molar-refractivity contribution in [1.29, 1.82) is 0 Å². The molecule has 2 saturated heterocycles. The lowest BCUT2D eigenvalue weighted by Crippen LogP contribution is -2.64. The Morgan fingerprint density at radius 3 is 2.88 bits per heavy atom. The first-order valence-corrected chi connectivity index (χ1v) is 7.31. The molecular formula is C12H23N3OS. The van der Waals surface area contributed by atoms with Crippen molar-refractivity contribution in [3.8, 4) is 0 Å². The highest BCUT2D eigenvalue weighted by molar-refractivity contribution is 8.00. The fraction of sp³-hybridized carbons (Fsp3) is 0.917. The fourth-order valence-corrected chi connectivity index (χ4v) is 4.13. The van der Waals surface area contributed by atoms with Gasteiger partial charge in [-0.2, -0.15) is 11.8 Å². The molecule has 0 aromatic carbocycles. The maximum absolute atomic E-state index is 12.1. The van der Waals surface area contributed by atoms with Crippen molar-refractivity contribution in [2.45, 2.75) is 56.0 Å². The summed E-state index contributed by atoms with van der Waals surface area (Å²) in [6.45, 7) is 6.77. The van der Waals surface area contributed by atoms with Crippen LogP contribution in [0.15, 0.2) is 0 Å².